The van der Waals surface area contributed by atoms with Gasteiger partial charge < -0.3 is 15.2 Å². The van der Waals surface area contributed by atoms with E-state index in [2.05, 4.69) is 33.5 Å². The van der Waals surface area contributed by atoms with Crippen LogP contribution in [0, 0.1) is 5.82 Å². The van der Waals surface area contributed by atoms with Crippen LogP contribution in [-0.2, 0) is 11.1 Å². The van der Waals surface area contributed by atoms with Gasteiger partial charge in [-0.15, -0.1) is 0 Å². The predicted molar refractivity (Wildman–Crippen MR) is 147 cm³/mol. The van der Waals surface area contributed by atoms with Crippen LogP contribution in [0.5, 0.6) is 0 Å². The van der Waals surface area contributed by atoms with Crippen molar-refractivity contribution in [2.75, 3.05) is 31.7 Å². The Hall–Kier alpha value is -2.24. The van der Waals surface area contributed by atoms with Gasteiger partial charge in [-0.1, -0.05) is 42.5 Å². The van der Waals surface area contributed by atoms with Crippen molar-refractivity contribution in [1.82, 2.24) is 15.0 Å². The molecule has 2 heterocycles. The van der Waals surface area contributed by atoms with Gasteiger partial charge in [0, 0.05) is 49.7 Å². The summed E-state index contributed by atoms with van der Waals surface area (Å²) in [7, 11) is -0.489. The molecule has 0 amide bonds. The third kappa shape index (κ3) is 8.73. The Morgan fingerprint density at radius 1 is 1.34 bits per heavy atom. The van der Waals surface area contributed by atoms with Gasteiger partial charge in [-0.2, -0.15) is 0 Å². The summed E-state index contributed by atoms with van der Waals surface area (Å²) in [6.07, 6.45) is 9.63. The highest BCUT2D eigenvalue weighted by molar-refractivity contribution is 7.49. The van der Waals surface area contributed by atoms with Crippen LogP contribution in [0.15, 0.2) is 67.0 Å². The van der Waals surface area contributed by atoms with Crippen molar-refractivity contribution in [2.45, 2.75) is 39.3 Å². The van der Waals surface area contributed by atoms with Crippen molar-refractivity contribution in [2.24, 2.45) is 0 Å². The lowest BCUT2D eigenvalue weighted by Gasteiger charge is -2.35. The van der Waals surface area contributed by atoms with Crippen molar-refractivity contribution < 1.29 is 8.91 Å². The molecular weight excluding hydrogens is 482 g/mol. The summed E-state index contributed by atoms with van der Waals surface area (Å²) < 4.78 is 21.5. The number of rotatable bonds is 11. The maximum Gasteiger partial charge on any atom is 0.126 e. The van der Waals surface area contributed by atoms with E-state index in [1.807, 2.05) is 44.2 Å². The van der Waals surface area contributed by atoms with E-state index < -0.39 is 8.30 Å². The van der Waals surface area contributed by atoms with Crippen LogP contribution in [0.4, 0.5) is 10.2 Å². The number of pyridine rings is 1. The second-order valence-electron chi connectivity index (χ2n) is 8.52. The van der Waals surface area contributed by atoms with Crippen molar-refractivity contribution in [3.8, 4) is 0 Å². The number of nitrogens with one attached hydrogen (secondary N) is 2. The minimum Gasteiger partial charge on any atom is -0.381 e. The van der Waals surface area contributed by atoms with Crippen LogP contribution in [0.2, 0.25) is 5.02 Å². The average molecular weight is 517 g/mol. The lowest BCUT2D eigenvalue weighted by atomic mass is 10.1. The number of hydrogen-bond acceptors (Lipinski definition) is 5. The molecule has 8 heteroatoms. The van der Waals surface area contributed by atoms with Gasteiger partial charge in [-0.25, -0.2) is 9.37 Å². The second kappa shape index (κ2) is 13.7. The quantitative estimate of drug-likeness (QED) is 0.249. The molecular formula is C27H35ClFN4OP. The van der Waals surface area contributed by atoms with Crippen LogP contribution in [0.3, 0.4) is 0 Å². The number of nitrogens with zero attached hydrogens (tertiary/aromatic N) is 2. The number of halogens is 2. The Balaban J connectivity index is 1.54. The van der Waals surface area contributed by atoms with E-state index in [0.29, 0.717) is 17.6 Å². The van der Waals surface area contributed by atoms with Gasteiger partial charge in [-0.05, 0) is 68.8 Å². The zero-order valence-corrected chi connectivity index (χ0v) is 22.4. The molecule has 1 aromatic heterocycles. The first-order chi connectivity index (χ1) is 16.9. The Morgan fingerprint density at radius 3 is 2.83 bits per heavy atom. The molecule has 35 heavy (non-hydrogen) atoms. The molecule has 1 saturated heterocycles. The molecule has 2 N–H and O–H groups in total. The number of hydrogen-bond donors (Lipinski definition) is 2. The molecule has 1 atom stereocenters. The molecule has 1 fully saturated rings. The fraction of sp³-hybridized carbons (Fsp3) is 0.370. The van der Waals surface area contributed by atoms with Crippen molar-refractivity contribution in [3.05, 3.63) is 89.0 Å². The third-order valence-corrected chi connectivity index (χ3v) is 8.00. The van der Waals surface area contributed by atoms with Gasteiger partial charge >= 0.3 is 0 Å². The molecule has 3 rings (SSSR count). The lowest BCUT2D eigenvalue weighted by Crippen LogP contribution is -2.36. The Labute approximate surface area is 215 Å². The zero-order chi connectivity index (χ0) is 25.2. The summed E-state index contributed by atoms with van der Waals surface area (Å²) in [5.41, 5.74) is 3.58. The molecule has 0 radical (unpaired) electrons. The third-order valence-electron chi connectivity index (χ3n) is 5.87. The van der Waals surface area contributed by atoms with E-state index in [0.717, 1.165) is 60.8 Å². The summed E-state index contributed by atoms with van der Waals surface area (Å²) >= 11 is 6.46. The molecule has 2 aromatic rings. The zero-order valence-electron chi connectivity index (χ0n) is 20.7. The lowest BCUT2D eigenvalue weighted by molar-refractivity contribution is 0.288. The molecule has 0 spiro atoms. The van der Waals surface area contributed by atoms with Gasteiger partial charge in [0.2, 0.25) is 0 Å². The van der Waals surface area contributed by atoms with Gasteiger partial charge in [0.25, 0.3) is 0 Å². The van der Waals surface area contributed by atoms with E-state index in [1.54, 1.807) is 12.3 Å². The highest BCUT2D eigenvalue weighted by Crippen LogP contribution is 2.39. The molecule has 1 aromatic carbocycles. The van der Waals surface area contributed by atoms with Crippen LogP contribution in [0.25, 0.3) is 5.57 Å². The van der Waals surface area contributed by atoms with Crippen molar-refractivity contribution in [1.29, 1.82) is 0 Å². The normalized spacial score (nSPS) is 16.4. The molecule has 1 aliphatic rings. The summed E-state index contributed by atoms with van der Waals surface area (Å²) in [5, 5.41) is 7.38. The minimum atomic E-state index is -0.489. The molecule has 0 aliphatic carbocycles. The topological polar surface area (TPSA) is 49.4 Å². The van der Waals surface area contributed by atoms with Crippen LogP contribution >= 0.6 is 19.9 Å². The SMILES string of the molecule is C=C(/C=C\C=C(/C)c1cc(NC2CCN(P(C)OCC)CC2)ncc1Cl)NCc1cccc(F)c1. The number of aromatic nitrogens is 1. The van der Waals surface area contributed by atoms with E-state index in [9.17, 15) is 4.39 Å². The maximum absolute atomic E-state index is 13.3. The molecule has 5 nitrogen and oxygen atoms in total. The van der Waals surface area contributed by atoms with E-state index >= 15 is 0 Å². The number of piperidine rings is 1. The van der Waals surface area contributed by atoms with Gasteiger partial charge in [0.15, 0.2) is 0 Å². The molecule has 1 aliphatic heterocycles. The van der Waals surface area contributed by atoms with Gasteiger partial charge in [0.1, 0.15) is 19.9 Å². The van der Waals surface area contributed by atoms with Crippen LogP contribution < -0.4 is 10.6 Å². The number of benzene rings is 1. The predicted octanol–water partition coefficient (Wildman–Crippen LogP) is 6.99. The minimum absolute atomic E-state index is 0.241. The van der Waals surface area contributed by atoms with Crippen molar-refractivity contribution in [3.63, 3.8) is 0 Å². The molecule has 188 valence electrons. The van der Waals surface area contributed by atoms with Crippen molar-refractivity contribution >= 4 is 31.3 Å². The standard InChI is InChI=1S/C27H35ClFN4OP/c1-5-34-35(4)33-14-12-24(13-15-33)32-27-17-25(26(28)19-31-27)20(2)8-6-9-21(3)30-18-22-10-7-11-23(29)16-22/h6-11,16-17,19,24,30H,3,5,12-15,18H2,1-2,4H3,(H,31,32)/b9-6-,20-8+. The summed E-state index contributed by atoms with van der Waals surface area (Å²) in [6.45, 7) is 13.6. The van der Waals surface area contributed by atoms with Gasteiger partial charge in [0.05, 0.1) is 5.02 Å². The molecule has 1 unspecified atom stereocenters. The fourth-order valence-corrected chi connectivity index (χ4v) is 5.49. The Bertz CT molecular complexity index is 1050. The second-order valence-corrected chi connectivity index (χ2v) is 10.7. The number of anilines is 1. The Kier molecular flexibility index (Phi) is 10.7. The van der Waals surface area contributed by atoms with E-state index in [4.69, 9.17) is 16.1 Å². The van der Waals surface area contributed by atoms with Gasteiger partial charge in [-0.3, -0.25) is 4.67 Å². The number of allylic oxidation sites excluding steroid dienone is 4. The van der Waals surface area contributed by atoms with E-state index in [-0.39, 0.29) is 5.82 Å². The van der Waals surface area contributed by atoms with E-state index in [1.165, 1.54) is 12.1 Å². The summed E-state index contributed by atoms with van der Waals surface area (Å²) in [6, 6.07) is 8.92. The average Bonchev–Trinajstić information content (AvgIpc) is 2.84. The summed E-state index contributed by atoms with van der Waals surface area (Å²) in [5.74, 6) is 0.596. The molecule has 0 bridgehead atoms. The largest absolute Gasteiger partial charge is 0.381 e. The molecule has 0 saturated carbocycles. The highest BCUT2D eigenvalue weighted by atomic mass is 35.5. The van der Waals surface area contributed by atoms with Crippen LogP contribution in [-0.4, -0.2) is 42.1 Å². The fourth-order valence-electron chi connectivity index (χ4n) is 3.91. The monoisotopic (exact) mass is 516 g/mol. The first kappa shape index (κ1) is 27.3. The van der Waals surface area contributed by atoms with Crippen LogP contribution in [0.1, 0.15) is 37.8 Å². The smallest absolute Gasteiger partial charge is 0.126 e. The Morgan fingerprint density at radius 2 is 2.11 bits per heavy atom. The maximum atomic E-state index is 13.3. The first-order valence-electron chi connectivity index (χ1n) is 11.9. The summed E-state index contributed by atoms with van der Waals surface area (Å²) in [4.78, 5) is 4.49. The first-order valence-corrected chi connectivity index (χ1v) is 14.0. The highest BCUT2D eigenvalue weighted by Gasteiger charge is 2.23.